The number of aliphatic hydroxyl groups is 1. The van der Waals surface area contributed by atoms with Crippen LogP contribution in [-0.4, -0.2) is 73.4 Å². The maximum Gasteiger partial charge on any atom is 0.0558 e. The van der Waals surface area contributed by atoms with Crippen LogP contribution in [0, 0.1) is 0 Å². The number of piperidine rings is 1. The van der Waals surface area contributed by atoms with E-state index in [9.17, 15) is 0 Å². The van der Waals surface area contributed by atoms with E-state index in [4.69, 9.17) is 5.11 Å². The van der Waals surface area contributed by atoms with E-state index in [0.29, 0.717) is 6.61 Å². The van der Waals surface area contributed by atoms with Crippen molar-refractivity contribution in [3.05, 3.63) is 0 Å². The number of β-amino-alcohol motifs (C(OH)–C–C–N with tert-alkyl or cyclic N) is 1. The molecule has 2 saturated heterocycles. The van der Waals surface area contributed by atoms with Gasteiger partial charge >= 0.3 is 0 Å². The molecule has 4 heteroatoms. The highest BCUT2D eigenvalue weighted by Crippen LogP contribution is 2.14. The van der Waals surface area contributed by atoms with Gasteiger partial charge in [-0.3, -0.25) is 9.80 Å². The van der Waals surface area contributed by atoms with E-state index in [2.05, 4.69) is 15.1 Å². The first-order valence-corrected chi connectivity index (χ1v) is 6.18. The zero-order valence-corrected chi connectivity index (χ0v) is 9.49. The van der Waals surface area contributed by atoms with Crippen LogP contribution in [0.5, 0.6) is 0 Å². The average molecular weight is 213 g/mol. The van der Waals surface area contributed by atoms with Gasteiger partial charge in [0.1, 0.15) is 0 Å². The number of piperazine rings is 1. The van der Waals surface area contributed by atoms with Gasteiger partial charge in [-0.25, -0.2) is 0 Å². The van der Waals surface area contributed by atoms with Crippen LogP contribution in [0.1, 0.15) is 12.8 Å². The van der Waals surface area contributed by atoms with Gasteiger partial charge in [-0.05, 0) is 25.9 Å². The van der Waals surface area contributed by atoms with Crippen LogP contribution in [-0.2, 0) is 0 Å². The molecule has 0 bridgehead atoms. The van der Waals surface area contributed by atoms with Gasteiger partial charge in [-0.2, -0.15) is 0 Å². The van der Waals surface area contributed by atoms with E-state index in [-0.39, 0.29) is 0 Å². The van der Waals surface area contributed by atoms with Gasteiger partial charge in [0.05, 0.1) is 6.61 Å². The van der Waals surface area contributed by atoms with E-state index in [1.165, 1.54) is 39.0 Å². The quantitative estimate of drug-likeness (QED) is 0.653. The van der Waals surface area contributed by atoms with Gasteiger partial charge in [-0.15, -0.1) is 0 Å². The van der Waals surface area contributed by atoms with Crippen LogP contribution in [0.4, 0.5) is 0 Å². The standard InChI is InChI=1S/C11H23N3O/c15-10-9-13-5-7-14(8-6-13)11-1-3-12-4-2-11/h11-12,15H,1-10H2. The second-order valence-electron chi connectivity index (χ2n) is 4.58. The Hall–Kier alpha value is -0.160. The molecule has 0 saturated carbocycles. The molecule has 0 aromatic carbocycles. The molecule has 2 rings (SSSR count). The van der Waals surface area contributed by atoms with E-state index < -0.39 is 0 Å². The lowest BCUT2D eigenvalue weighted by Crippen LogP contribution is -2.53. The Morgan fingerprint density at radius 2 is 1.73 bits per heavy atom. The fraction of sp³-hybridized carbons (Fsp3) is 1.00. The molecule has 0 spiro atoms. The van der Waals surface area contributed by atoms with Crippen molar-refractivity contribution in [1.82, 2.24) is 15.1 Å². The average Bonchev–Trinajstić information content (AvgIpc) is 2.32. The van der Waals surface area contributed by atoms with E-state index in [0.717, 1.165) is 25.7 Å². The highest BCUT2D eigenvalue weighted by molar-refractivity contribution is 4.81. The summed E-state index contributed by atoms with van der Waals surface area (Å²) in [7, 11) is 0. The molecule has 15 heavy (non-hydrogen) atoms. The van der Waals surface area contributed by atoms with Gasteiger partial charge < -0.3 is 10.4 Å². The van der Waals surface area contributed by atoms with Crippen LogP contribution in [0.15, 0.2) is 0 Å². The summed E-state index contributed by atoms with van der Waals surface area (Å²) in [5, 5.41) is 12.3. The first kappa shape index (κ1) is 11.3. The number of nitrogens with zero attached hydrogens (tertiary/aromatic N) is 2. The predicted octanol–water partition coefficient (Wildman–Crippen LogP) is -0.652. The molecule has 0 amide bonds. The summed E-state index contributed by atoms with van der Waals surface area (Å²) >= 11 is 0. The van der Waals surface area contributed by atoms with Crippen molar-refractivity contribution in [3.8, 4) is 0 Å². The third-order valence-corrected chi connectivity index (χ3v) is 3.65. The molecule has 0 radical (unpaired) electrons. The Labute approximate surface area is 92.2 Å². The molecule has 2 fully saturated rings. The second-order valence-corrected chi connectivity index (χ2v) is 4.58. The Bertz CT molecular complexity index is 175. The van der Waals surface area contributed by atoms with Crippen molar-refractivity contribution in [2.45, 2.75) is 18.9 Å². The number of rotatable bonds is 3. The van der Waals surface area contributed by atoms with E-state index in [1.807, 2.05) is 0 Å². The van der Waals surface area contributed by atoms with Gasteiger partial charge in [-0.1, -0.05) is 0 Å². The summed E-state index contributed by atoms with van der Waals surface area (Å²) in [5.41, 5.74) is 0. The Balaban J connectivity index is 1.72. The van der Waals surface area contributed by atoms with E-state index in [1.54, 1.807) is 0 Å². The molecule has 2 N–H and O–H groups in total. The fourth-order valence-corrected chi connectivity index (χ4v) is 2.67. The highest BCUT2D eigenvalue weighted by Gasteiger charge is 2.24. The van der Waals surface area contributed by atoms with Gasteiger partial charge in [0, 0.05) is 38.8 Å². The highest BCUT2D eigenvalue weighted by atomic mass is 16.3. The third-order valence-electron chi connectivity index (χ3n) is 3.65. The van der Waals surface area contributed by atoms with Crippen molar-refractivity contribution < 1.29 is 5.11 Å². The summed E-state index contributed by atoms with van der Waals surface area (Å²) in [4.78, 5) is 4.99. The molecule has 88 valence electrons. The van der Waals surface area contributed by atoms with Crippen molar-refractivity contribution >= 4 is 0 Å². The zero-order chi connectivity index (χ0) is 10.5. The number of hydrogen-bond acceptors (Lipinski definition) is 4. The maximum absolute atomic E-state index is 8.87. The van der Waals surface area contributed by atoms with Crippen molar-refractivity contribution in [3.63, 3.8) is 0 Å². The summed E-state index contributed by atoms with van der Waals surface area (Å²) in [6.45, 7) is 8.14. The topological polar surface area (TPSA) is 38.7 Å². The summed E-state index contributed by atoms with van der Waals surface area (Å²) in [6.07, 6.45) is 2.61. The summed E-state index contributed by atoms with van der Waals surface area (Å²) in [5.74, 6) is 0. The lowest BCUT2D eigenvalue weighted by atomic mass is 10.0. The van der Waals surface area contributed by atoms with Gasteiger partial charge in [0.15, 0.2) is 0 Å². The van der Waals surface area contributed by atoms with Crippen LogP contribution in [0.3, 0.4) is 0 Å². The molecule has 4 nitrogen and oxygen atoms in total. The SMILES string of the molecule is OCCN1CCN(C2CCNCC2)CC1. The zero-order valence-electron chi connectivity index (χ0n) is 9.49. The fourth-order valence-electron chi connectivity index (χ4n) is 2.67. The molecule has 2 heterocycles. The molecule has 0 aromatic heterocycles. The van der Waals surface area contributed by atoms with Crippen LogP contribution < -0.4 is 5.32 Å². The Kier molecular flexibility index (Phi) is 4.38. The normalized spacial score (nSPS) is 27.0. The monoisotopic (exact) mass is 213 g/mol. The van der Waals surface area contributed by atoms with Gasteiger partial charge in [0.2, 0.25) is 0 Å². The largest absolute Gasteiger partial charge is 0.395 e. The van der Waals surface area contributed by atoms with Crippen molar-refractivity contribution in [1.29, 1.82) is 0 Å². The smallest absolute Gasteiger partial charge is 0.0558 e. The van der Waals surface area contributed by atoms with Crippen LogP contribution in [0.2, 0.25) is 0 Å². The minimum atomic E-state index is 0.299. The predicted molar refractivity (Wildman–Crippen MR) is 61.0 cm³/mol. The molecule has 2 aliphatic heterocycles. The maximum atomic E-state index is 8.87. The lowest BCUT2D eigenvalue weighted by molar-refractivity contribution is 0.0723. The molecule has 2 aliphatic rings. The number of aliphatic hydroxyl groups excluding tert-OH is 1. The first-order chi connectivity index (χ1) is 7.40. The Morgan fingerprint density at radius 1 is 1.07 bits per heavy atom. The van der Waals surface area contributed by atoms with Crippen molar-refractivity contribution in [2.24, 2.45) is 0 Å². The van der Waals surface area contributed by atoms with Crippen molar-refractivity contribution in [2.75, 3.05) is 52.4 Å². The Morgan fingerprint density at radius 3 is 2.33 bits per heavy atom. The molecule has 0 unspecified atom stereocenters. The number of hydrogen-bond donors (Lipinski definition) is 2. The van der Waals surface area contributed by atoms with Gasteiger partial charge in [0.25, 0.3) is 0 Å². The molecular formula is C11H23N3O. The molecule has 0 atom stereocenters. The molecular weight excluding hydrogens is 190 g/mol. The molecule has 0 aliphatic carbocycles. The first-order valence-electron chi connectivity index (χ1n) is 6.18. The second kappa shape index (κ2) is 5.80. The third kappa shape index (κ3) is 3.14. The lowest BCUT2D eigenvalue weighted by Gasteiger charge is -2.40. The minimum Gasteiger partial charge on any atom is -0.395 e. The number of nitrogens with one attached hydrogen (secondary N) is 1. The minimum absolute atomic E-state index is 0.299. The molecule has 0 aromatic rings. The van der Waals surface area contributed by atoms with Crippen LogP contribution in [0.25, 0.3) is 0 Å². The van der Waals surface area contributed by atoms with E-state index >= 15 is 0 Å². The van der Waals surface area contributed by atoms with Crippen LogP contribution >= 0.6 is 0 Å². The summed E-state index contributed by atoms with van der Waals surface area (Å²) < 4.78 is 0. The summed E-state index contributed by atoms with van der Waals surface area (Å²) in [6, 6.07) is 0.808.